The third kappa shape index (κ3) is 5.60. The molecule has 2 amide bonds. The number of anilines is 1. The molecule has 0 radical (unpaired) electrons. The number of hydrogen-bond donors (Lipinski definition) is 1. The molecular weight excluding hydrogens is 466 g/mol. The van der Waals surface area contributed by atoms with E-state index in [1.54, 1.807) is 23.1 Å². The van der Waals surface area contributed by atoms with Crippen molar-refractivity contribution in [2.24, 2.45) is 0 Å². The van der Waals surface area contributed by atoms with E-state index in [1.165, 1.54) is 35.1 Å². The molecule has 176 valence electrons. The summed E-state index contributed by atoms with van der Waals surface area (Å²) in [4.78, 5) is 26.5. The summed E-state index contributed by atoms with van der Waals surface area (Å²) in [5.74, 6) is 1.05. The molecule has 2 aromatic carbocycles. The van der Waals surface area contributed by atoms with Crippen LogP contribution in [-0.2, 0) is 19.6 Å². The largest absolute Gasteiger partial charge is 0.486 e. The number of carbonyl (C=O) groups excluding carboxylic acids is 2. The minimum Gasteiger partial charge on any atom is -0.486 e. The van der Waals surface area contributed by atoms with Crippen molar-refractivity contribution < 1.29 is 27.5 Å². The van der Waals surface area contributed by atoms with E-state index in [2.05, 4.69) is 5.32 Å². The van der Waals surface area contributed by atoms with E-state index < -0.39 is 10.0 Å². The highest BCUT2D eigenvalue weighted by Crippen LogP contribution is 2.33. The van der Waals surface area contributed by atoms with Crippen LogP contribution < -0.4 is 14.8 Å². The monoisotopic (exact) mass is 491 g/mol. The number of carbonyl (C=O) groups is 2. The first-order valence-corrected chi connectivity index (χ1v) is 12.9. The molecule has 0 bridgehead atoms. The molecule has 0 aliphatic carbocycles. The molecule has 0 spiro atoms. The fraction of sp³-hybridized carbons (Fsp3) is 0.364. The number of nitrogens with zero attached hydrogens (tertiary/aromatic N) is 2. The second kappa shape index (κ2) is 10.0. The minimum absolute atomic E-state index is 0.0395. The lowest BCUT2D eigenvalue weighted by atomic mass is 10.3. The average Bonchev–Trinajstić information content (AvgIpc) is 2.83. The second-order valence-corrected chi connectivity index (χ2v) is 10.6. The van der Waals surface area contributed by atoms with Crippen molar-refractivity contribution in [3.63, 3.8) is 0 Å². The Bertz CT molecular complexity index is 1130. The number of amides is 2. The lowest BCUT2D eigenvalue weighted by Gasteiger charge is -2.34. The summed E-state index contributed by atoms with van der Waals surface area (Å²) in [6, 6.07) is 11.9. The Morgan fingerprint density at radius 2 is 1.64 bits per heavy atom. The van der Waals surface area contributed by atoms with Crippen LogP contribution in [0.15, 0.2) is 52.3 Å². The van der Waals surface area contributed by atoms with Gasteiger partial charge in [0.25, 0.3) is 0 Å². The van der Waals surface area contributed by atoms with Gasteiger partial charge in [-0.25, -0.2) is 8.42 Å². The summed E-state index contributed by atoms with van der Waals surface area (Å²) >= 11 is 1.40. The first-order chi connectivity index (χ1) is 15.8. The summed E-state index contributed by atoms with van der Waals surface area (Å²) in [7, 11) is -3.69. The normalized spacial score (nSPS) is 16.3. The highest BCUT2D eigenvalue weighted by molar-refractivity contribution is 8.00. The number of benzene rings is 2. The Labute approximate surface area is 197 Å². The minimum atomic E-state index is -3.69. The van der Waals surface area contributed by atoms with Gasteiger partial charge in [-0.05, 0) is 36.4 Å². The third-order valence-electron chi connectivity index (χ3n) is 5.28. The van der Waals surface area contributed by atoms with Crippen molar-refractivity contribution in [2.75, 3.05) is 50.5 Å². The van der Waals surface area contributed by atoms with Crippen molar-refractivity contribution >= 4 is 39.3 Å². The van der Waals surface area contributed by atoms with Gasteiger partial charge in [0.05, 0.1) is 10.6 Å². The molecule has 1 N–H and O–H groups in total. The van der Waals surface area contributed by atoms with E-state index in [4.69, 9.17) is 9.47 Å². The zero-order chi connectivity index (χ0) is 23.4. The maximum Gasteiger partial charge on any atom is 0.243 e. The molecule has 2 aliphatic heterocycles. The fourth-order valence-electron chi connectivity index (χ4n) is 3.59. The Morgan fingerprint density at radius 3 is 2.30 bits per heavy atom. The molecule has 1 fully saturated rings. The fourth-order valence-corrected chi connectivity index (χ4v) is 5.82. The number of sulfonamides is 1. The summed E-state index contributed by atoms with van der Waals surface area (Å²) in [5.41, 5.74) is 0.702. The summed E-state index contributed by atoms with van der Waals surface area (Å²) in [5, 5.41) is 2.70. The lowest BCUT2D eigenvalue weighted by molar-refractivity contribution is -0.129. The van der Waals surface area contributed by atoms with Crippen LogP contribution in [0.1, 0.15) is 6.92 Å². The van der Waals surface area contributed by atoms with Gasteiger partial charge in [-0.3, -0.25) is 9.59 Å². The van der Waals surface area contributed by atoms with E-state index >= 15 is 0 Å². The van der Waals surface area contributed by atoms with E-state index in [9.17, 15) is 18.0 Å². The SMILES string of the molecule is CC(=O)Nc1ccc(SCC(=O)N2CCN(S(=O)(=O)c3ccc4c(c3)OCCO4)CC2)cc1. The van der Waals surface area contributed by atoms with Crippen LogP contribution in [0.5, 0.6) is 11.5 Å². The van der Waals surface area contributed by atoms with Gasteiger partial charge < -0.3 is 19.7 Å². The molecule has 4 rings (SSSR count). The Kier molecular flexibility index (Phi) is 7.11. The predicted octanol–water partition coefficient (Wildman–Crippen LogP) is 2.04. The quantitative estimate of drug-likeness (QED) is 0.617. The smallest absolute Gasteiger partial charge is 0.243 e. The van der Waals surface area contributed by atoms with E-state index in [0.29, 0.717) is 43.5 Å². The van der Waals surface area contributed by atoms with Crippen LogP contribution in [0.4, 0.5) is 5.69 Å². The zero-order valence-corrected chi connectivity index (χ0v) is 19.8. The van der Waals surface area contributed by atoms with Crippen LogP contribution in [0.25, 0.3) is 0 Å². The van der Waals surface area contributed by atoms with Crippen molar-refractivity contribution in [3.05, 3.63) is 42.5 Å². The van der Waals surface area contributed by atoms with Crippen LogP contribution in [0.2, 0.25) is 0 Å². The number of piperazine rings is 1. The van der Waals surface area contributed by atoms with Crippen molar-refractivity contribution in [1.29, 1.82) is 0 Å². The van der Waals surface area contributed by atoms with Crippen molar-refractivity contribution in [1.82, 2.24) is 9.21 Å². The summed E-state index contributed by atoms with van der Waals surface area (Å²) < 4.78 is 38.5. The zero-order valence-electron chi connectivity index (χ0n) is 18.2. The van der Waals surface area contributed by atoms with Gasteiger partial charge >= 0.3 is 0 Å². The van der Waals surface area contributed by atoms with E-state index in [-0.39, 0.29) is 35.6 Å². The Morgan fingerprint density at radius 1 is 0.970 bits per heavy atom. The highest BCUT2D eigenvalue weighted by atomic mass is 32.2. The number of rotatable bonds is 6. The van der Waals surface area contributed by atoms with Crippen LogP contribution in [0.3, 0.4) is 0 Å². The van der Waals surface area contributed by atoms with Crippen LogP contribution in [-0.4, -0.2) is 74.6 Å². The average molecular weight is 492 g/mol. The topological polar surface area (TPSA) is 105 Å². The first kappa shape index (κ1) is 23.4. The maximum absolute atomic E-state index is 13.1. The van der Waals surface area contributed by atoms with Crippen molar-refractivity contribution in [3.8, 4) is 11.5 Å². The molecular formula is C22H25N3O6S2. The van der Waals surface area contributed by atoms with Gasteiger partial charge in [0, 0.05) is 49.8 Å². The number of hydrogen-bond acceptors (Lipinski definition) is 7. The molecule has 2 aliphatic rings. The standard InChI is InChI=1S/C22H25N3O6S2/c1-16(26)23-17-2-4-18(5-3-17)32-15-22(27)24-8-10-25(11-9-24)33(28,29)19-6-7-20-21(14-19)31-13-12-30-20/h2-7,14H,8-13,15H2,1H3,(H,23,26). The predicted molar refractivity (Wildman–Crippen MR) is 124 cm³/mol. The third-order valence-corrected chi connectivity index (χ3v) is 8.17. The molecule has 2 heterocycles. The number of ether oxygens (including phenoxy) is 2. The molecule has 2 aromatic rings. The van der Waals surface area contributed by atoms with Crippen LogP contribution in [0, 0.1) is 0 Å². The molecule has 0 saturated carbocycles. The molecule has 0 unspecified atom stereocenters. The van der Waals surface area contributed by atoms with Gasteiger partial charge in [0.1, 0.15) is 13.2 Å². The van der Waals surface area contributed by atoms with Gasteiger partial charge in [-0.15, -0.1) is 11.8 Å². The van der Waals surface area contributed by atoms with Gasteiger partial charge in [0.15, 0.2) is 11.5 Å². The molecule has 1 saturated heterocycles. The molecule has 33 heavy (non-hydrogen) atoms. The van der Waals surface area contributed by atoms with Gasteiger partial charge in [0.2, 0.25) is 21.8 Å². The molecule has 9 nitrogen and oxygen atoms in total. The Balaban J connectivity index is 1.30. The number of thioether (sulfide) groups is 1. The van der Waals surface area contributed by atoms with E-state index in [0.717, 1.165) is 4.90 Å². The van der Waals surface area contributed by atoms with Crippen molar-refractivity contribution in [2.45, 2.75) is 16.7 Å². The second-order valence-electron chi connectivity index (χ2n) is 7.58. The molecule has 0 atom stereocenters. The summed E-state index contributed by atoms with van der Waals surface area (Å²) in [6.45, 7) is 3.42. The number of fused-ring (bicyclic) bond motifs is 1. The molecule has 11 heteroatoms. The summed E-state index contributed by atoms with van der Waals surface area (Å²) in [6.07, 6.45) is 0. The Hall–Kier alpha value is -2.76. The maximum atomic E-state index is 13.1. The van der Waals surface area contributed by atoms with Gasteiger partial charge in [-0.2, -0.15) is 4.31 Å². The van der Waals surface area contributed by atoms with Gasteiger partial charge in [-0.1, -0.05) is 0 Å². The van der Waals surface area contributed by atoms with E-state index in [1.807, 2.05) is 12.1 Å². The lowest BCUT2D eigenvalue weighted by Crippen LogP contribution is -2.50. The highest BCUT2D eigenvalue weighted by Gasteiger charge is 2.31. The molecule has 0 aromatic heterocycles. The number of nitrogens with one attached hydrogen (secondary N) is 1. The van der Waals surface area contributed by atoms with Crippen LogP contribution >= 0.6 is 11.8 Å². The first-order valence-electron chi connectivity index (χ1n) is 10.5.